The van der Waals surface area contributed by atoms with E-state index in [0.717, 1.165) is 10.9 Å². The highest BCUT2D eigenvalue weighted by molar-refractivity contribution is 6.08. The lowest BCUT2D eigenvalue weighted by atomic mass is 10.1. The molecular weight excluding hydrogens is 370 g/mol. The number of H-pyrrole nitrogens is 1. The predicted molar refractivity (Wildman–Crippen MR) is 106 cm³/mol. The van der Waals surface area contributed by atoms with Crippen molar-refractivity contribution < 1.29 is 9.53 Å². The zero-order valence-corrected chi connectivity index (χ0v) is 15.6. The Labute approximate surface area is 165 Å². The highest BCUT2D eigenvalue weighted by Gasteiger charge is 2.18. The van der Waals surface area contributed by atoms with Crippen LogP contribution in [0.25, 0.3) is 22.3 Å². The Hall–Kier alpha value is -4.03. The zero-order valence-electron chi connectivity index (χ0n) is 15.6. The molecule has 2 N–H and O–H groups in total. The van der Waals surface area contributed by atoms with Gasteiger partial charge in [0.25, 0.3) is 5.91 Å². The van der Waals surface area contributed by atoms with Crippen LogP contribution in [0.15, 0.2) is 48.5 Å². The molecule has 0 atom stereocenters. The number of para-hydroxylation sites is 1. The van der Waals surface area contributed by atoms with Crippen LogP contribution < -0.4 is 5.32 Å². The number of tetrazole rings is 1. The molecule has 2 heterocycles. The van der Waals surface area contributed by atoms with E-state index in [1.54, 1.807) is 25.3 Å². The number of benzene rings is 2. The number of ether oxygens (including phenoxy) is 1. The lowest BCUT2D eigenvalue weighted by Gasteiger charge is -2.12. The summed E-state index contributed by atoms with van der Waals surface area (Å²) >= 11 is 0. The third-order valence-corrected chi connectivity index (χ3v) is 4.56. The third kappa shape index (κ3) is 3.56. The summed E-state index contributed by atoms with van der Waals surface area (Å²) in [6.45, 7) is 1.02. The number of amides is 1. The molecule has 0 aliphatic carbocycles. The van der Waals surface area contributed by atoms with Crippen LogP contribution in [0.3, 0.4) is 0 Å². The Balaban J connectivity index is 1.73. The van der Waals surface area contributed by atoms with E-state index in [-0.39, 0.29) is 5.91 Å². The van der Waals surface area contributed by atoms with Crippen molar-refractivity contribution in [2.24, 2.45) is 0 Å². The van der Waals surface area contributed by atoms with Gasteiger partial charge in [-0.25, -0.2) is 5.10 Å². The summed E-state index contributed by atoms with van der Waals surface area (Å²) in [4.78, 5) is 13.1. The lowest BCUT2D eigenvalue weighted by Crippen LogP contribution is -2.19. The van der Waals surface area contributed by atoms with Crippen LogP contribution in [0.4, 0.5) is 5.69 Å². The molecule has 0 unspecified atom stereocenters. The van der Waals surface area contributed by atoms with Gasteiger partial charge in [-0.1, -0.05) is 18.2 Å². The zero-order chi connectivity index (χ0) is 20.2. The molecule has 0 saturated carbocycles. The molecule has 0 aliphatic rings. The molecule has 0 bridgehead atoms. The van der Waals surface area contributed by atoms with Gasteiger partial charge in [0.15, 0.2) is 5.82 Å². The highest BCUT2D eigenvalue weighted by Crippen LogP contribution is 2.27. The Morgan fingerprint density at radius 2 is 2.14 bits per heavy atom. The van der Waals surface area contributed by atoms with Crippen molar-refractivity contribution in [1.29, 1.82) is 5.26 Å². The molecule has 29 heavy (non-hydrogen) atoms. The number of anilines is 1. The smallest absolute Gasteiger partial charge is 0.272 e. The first kappa shape index (κ1) is 18.3. The number of hydrogen-bond donors (Lipinski definition) is 2. The van der Waals surface area contributed by atoms with Crippen molar-refractivity contribution in [3.63, 3.8) is 0 Å². The summed E-state index contributed by atoms with van der Waals surface area (Å²) < 4.78 is 7.13. The largest absolute Gasteiger partial charge is 0.383 e. The van der Waals surface area contributed by atoms with Gasteiger partial charge in [0.1, 0.15) is 5.69 Å². The van der Waals surface area contributed by atoms with Crippen LogP contribution in [-0.4, -0.2) is 44.8 Å². The number of nitrogens with one attached hydrogen (secondary N) is 2. The molecule has 9 nitrogen and oxygen atoms in total. The molecule has 0 radical (unpaired) electrons. The second kappa shape index (κ2) is 7.92. The van der Waals surface area contributed by atoms with Gasteiger partial charge >= 0.3 is 0 Å². The molecule has 4 aromatic rings. The first-order valence-electron chi connectivity index (χ1n) is 8.88. The number of rotatable bonds is 6. The molecule has 9 heteroatoms. The quantitative estimate of drug-likeness (QED) is 0.524. The van der Waals surface area contributed by atoms with Crippen LogP contribution in [0.2, 0.25) is 0 Å². The second-order valence-corrected chi connectivity index (χ2v) is 6.31. The Bertz CT molecular complexity index is 1210. The number of carbonyl (C=O) groups excluding carboxylic acids is 1. The summed E-state index contributed by atoms with van der Waals surface area (Å²) in [6.07, 6.45) is 0. The minimum absolute atomic E-state index is 0.282. The summed E-state index contributed by atoms with van der Waals surface area (Å²) in [5.41, 5.74) is 2.92. The van der Waals surface area contributed by atoms with Crippen molar-refractivity contribution in [1.82, 2.24) is 25.2 Å². The van der Waals surface area contributed by atoms with E-state index in [1.165, 1.54) is 0 Å². The van der Waals surface area contributed by atoms with Gasteiger partial charge in [-0.15, -0.1) is 5.10 Å². The van der Waals surface area contributed by atoms with E-state index in [4.69, 9.17) is 4.74 Å². The molecule has 1 amide bonds. The molecule has 0 aliphatic heterocycles. The molecule has 2 aromatic heterocycles. The van der Waals surface area contributed by atoms with Gasteiger partial charge in [-0.05, 0) is 40.8 Å². The fraction of sp³-hybridized carbons (Fsp3) is 0.150. The van der Waals surface area contributed by atoms with Gasteiger partial charge < -0.3 is 14.6 Å². The third-order valence-electron chi connectivity index (χ3n) is 4.56. The second-order valence-electron chi connectivity index (χ2n) is 6.31. The topological polar surface area (TPSA) is 122 Å². The van der Waals surface area contributed by atoms with Crippen molar-refractivity contribution in [3.8, 4) is 17.5 Å². The lowest BCUT2D eigenvalue weighted by molar-refractivity contribution is 0.101. The van der Waals surface area contributed by atoms with Crippen molar-refractivity contribution >= 4 is 22.5 Å². The average Bonchev–Trinajstić information content (AvgIpc) is 3.40. The standard InChI is InChI=1S/C20H17N7O2/c1-29-9-8-27-17-5-3-2-4-14(17)11-18(27)20(28)22-16-7-6-13(12-21)10-15(16)19-23-25-26-24-19/h2-7,10-11H,8-9H2,1H3,(H,22,28)(H,23,24,25,26). The normalized spacial score (nSPS) is 10.8. The van der Waals surface area contributed by atoms with Crippen LogP contribution in [0, 0.1) is 11.3 Å². The maximum Gasteiger partial charge on any atom is 0.272 e. The van der Waals surface area contributed by atoms with Crippen molar-refractivity contribution in [2.75, 3.05) is 19.0 Å². The number of methoxy groups -OCH3 is 1. The van der Waals surface area contributed by atoms with Crippen LogP contribution in [-0.2, 0) is 11.3 Å². The van der Waals surface area contributed by atoms with Crippen molar-refractivity contribution in [3.05, 3.63) is 59.8 Å². The van der Waals surface area contributed by atoms with Crippen LogP contribution in [0.5, 0.6) is 0 Å². The number of nitriles is 1. The molecule has 0 fully saturated rings. The van der Waals surface area contributed by atoms with Crippen LogP contribution >= 0.6 is 0 Å². The Morgan fingerprint density at radius 3 is 2.90 bits per heavy atom. The fourth-order valence-corrected chi connectivity index (χ4v) is 3.20. The van der Waals surface area contributed by atoms with E-state index in [9.17, 15) is 10.1 Å². The summed E-state index contributed by atoms with van der Waals surface area (Å²) in [5, 5.41) is 26.8. The van der Waals surface area contributed by atoms with Gasteiger partial charge in [0.05, 0.1) is 23.9 Å². The molecule has 144 valence electrons. The van der Waals surface area contributed by atoms with Crippen molar-refractivity contribution in [2.45, 2.75) is 6.54 Å². The minimum atomic E-state index is -0.282. The maximum absolute atomic E-state index is 13.1. The predicted octanol–water partition coefficient (Wildman–Crippen LogP) is 2.59. The summed E-state index contributed by atoms with van der Waals surface area (Å²) in [7, 11) is 1.62. The number of nitrogens with zero attached hydrogens (tertiary/aromatic N) is 5. The number of carbonyl (C=O) groups is 1. The highest BCUT2D eigenvalue weighted by atomic mass is 16.5. The SMILES string of the molecule is COCCn1c(C(=O)Nc2ccc(C#N)cc2-c2nnn[nH]2)cc2ccccc21. The number of aromatic amines is 1. The van der Waals surface area contributed by atoms with Gasteiger partial charge in [-0.3, -0.25) is 4.79 Å². The number of aromatic nitrogens is 5. The monoisotopic (exact) mass is 387 g/mol. The average molecular weight is 387 g/mol. The van der Waals surface area contributed by atoms with Crippen LogP contribution in [0.1, 0.15) is 16.1 Å². The van der Waals surface area contributed by atoms with E-state index in [2.05, 4.69) is 32.0 Å². The molecule has 0 spiro atoms. The Kier molecular flexibility index (Phi) is 5.01. The molecular formula is C20H17N7O2. The summed E-state index contributed by atoms with van der Waals surface area (Å²) in [5.74, 6) is 0.0769. The van der Waals surface area contributed by atoms with E-state index < -0.39 is 0 Å². The van der Waals surface area contributed by atoms with Gasteiger partial charge in [0, 0.05) is 30.1 Å². The number of fused-ring (bicyclic) bond motifs is 1. The van der Waals surface area contributed by atoms with Gasteiger partial charge in [-0.2, -0.15) is 5.26 Å². The molecule has 0 saturated heterocycles. The van der Waals surface area contributed by atoms with E-state index >= 15 is 0 Å². The first-order chi connectivity index (χ1) is 14.2. The number of hydrogen-bond acceptors (Lipinski definition) is 6. The maximum atomic E-state index is 13.1. The van der Waals surface area contributed by atoms with E-state index in [1.807, 2.05) is 34.9 Å². The fourth-order valence-electron chi connectivity index (χ4n) is 3.20. The minimum Gasteiger partial charge on any atom is -0.383 e. The Morgan fingerprint density at radius 1 is 1.28 bits per heavy atom. The molecule has 2 aromatic carbocycles. The van der Waals surface area contributed by atoms with E-state index in [0.29, 0.717) is 41.5 Å². The summed E-state index contributed by atoms with van der Waals surface area (Å²) in [6, 6.07) is 16.6. The van der Waals surface area contributed by atoms with Gasteiger partial charge in [0.2, 0.25) is 0 Å². The first-order valence-corrected chi connectivity index (χ1v) is 8.88. The molecule has 4 rings (SSSR count).